The van der Waals surface area contributed by atoms with Crippen LogP contribution in [0.3, 0.4) is 0 Å². The average molecular weight is 220 g/mol. The SMILES string of the molecule is CC(C)(C)OC(=O)N(CCCl)C1CC1. The summed E-state index contributed by atoms with van der Waals surface area (Å²) >= 11 is 5.63. The van der Waals surface area contributed by atoms with Gasteiger partial charge in [-0.25, -0.2) is 4.79 Å². The van der Waals surface area contributed by atoms with E-state index in [-0.39, 0.29) is 6.09 Å². The number of rotatable bonds is 3. The smallest absolute Gasteiger partial charge is 0.410 e. The zero-order valence-corrected chi connectivity index (χ0v) is 9.80. The Hall–Kier alpha value is -0.440. The first-order chi connectivity index (χ1) is 6.44. The normalized spacial score (nSPS) is 16.6. The van der Waals surface area contributed by atoms with Crippen LogP contribution < -0.4 is 0 Å². The van der Waals surface area contributed by atoms with Crippen LogP contribution in [-0.4, -0.2) is 35.1 Å². The van der Waals surface area contributed by atoms with E-state index in [2.05, 4.69) is 0 Å². The molecule has 1 fully saturated rings. The number of carbonyl (C=O) groups is 1. The van der Waals surface area contributed by atoms with Crippen molar-refractivity contribution >= 4 is 17.7 Å². The maximum Gasteiger partial charge on any atom is 0.410 e. The van der Waals surface area contributed by atoms with Gasteiger partial charge in [0.15, 0.2) is 0 Å². The number of hydrogen-bond donors (Lipinski definition) is 0. The third kappa shape index (κ3) is 3.74. The first kappa shape index (κ1) is 11.6. The number of halogens is 1. The van der Waals surface area contributed by atoms with Crippen molar-refractivity contribution < 1.29 is 9.53 Å². The first-order valence-electron chi connectivity index (χ1n) is 4.99. The number of alkyl halides is 1. The molecule has 0 spiro atoms. The van der Waals surface area contributed by atoms with Crippen LogP contribution in [0.1, 0.15) is 33.6 Å². The minimum absolute atomic E-state index is 0.236. The number of amides is 1. The molecule has 0 aromatic rings. The van der Waals surface area contributed by atoms with Crippen LogP contribution in [-0.2, 0) is 4.74 Å². The maximum absolute atomic E-state index is 11.7. The number of ether oxygens (including phenoxy) is 1. The molecule has 1 aliphatic carbocycles. The average Bonchev–Trinajstić information content (AvgIpc) is 2.78. The molecule has 0 radical (unpaired) electrons. The van der Waals surface area contributed by atoms with Gasteiger partial charge < -0.3 is 9.64 Å². The second kappa shape index (κ2) is 4.39. The Labute approximate surface area is 90.4 Å². The van der Waals surface area contributed by atoms with Crippen LogP contribution in [0.15, 0.2) is 0 Å². The van der Waals surface area contributed by atoms with E-state index >= 15 is 0 Å². The molecular formula is C10H18ClNO2. The fraction of sp³-hybridized carbons (Fsp3) is 0.900. The highest BCUT2D eigenvalue weighted by molar-refractivity contribution is 6.18. The van der Waals surface area contributed by atoms with Gasteiger partial charge in [0, 0.05) is 18.5 Å². The summed E-state index contributed by atoms with van der Waals surface area (Å²) in [6.07, 6.45) is 1.92. The van der Waals surface area contributed by atoms with Gasteiger partial charge in [0.25, 0.3) is 0 Å². The molecule has 0 aromatic carbocycles. The zero-order chi connectivity index (χ0) is 10.8. The van der Waals surface area contributed by atoms with Gasteiger partial charge in [-0.05, 0) is 33.6 Å². The maximum atomic E-state index is 11.7. The van der Waals surface area contributed by atoms with Crippen LogP contribution in [0, 0.1) is 0 Å². The van der Waals surface area contributed by atoms with Crippen LogP contribution in [0.25, 0.3) is 0 Å². The van der Waals surface area contributed by atoms with Crippen LogP contribution in [0.4, 0.5) is 4.79 Å². The van der Waals surface area contributed by atoms with Crippen molar-refractivity contribution in [2.24, 2.45) is 0 Å². The molecular weight excluding hydrogens is 202 g/mol. The van der Waals surface area contributed by atoms with Crippen LogP contribution >= 0.6 is 11.6 Å². The predicted molar refractivity (Wildman–Crippen MR) is 56.7 cm³/mol. The summed E-state index contributed by atoms with van der Waals surface area (Å²) < 4.78 is 5.28. The lowest BCUT2D eigenvalue weighted by molar-refractivity contribution is 0.0246. The molecule has 0 atom stereocenters. The van der Waals surface area contributed by atoms with Crippen molar-refractivity contribution in [3.05, 3.63) is 0 Å². The Bertz CT molecular complexity index is 209. The summed E-state index contributed by atoms with van der Waals surface area (Å²) in [7, 11) is 0. The molecule has 1 amide bonds. The lowest BCUT2D eigenvalue weighted by Gasteiger charge is -2.26. The number of hydrogen-bond acceptors (Lipinski definition) is 2. The summed E-state index contributed by atoms with van der Waals surface area (Å²) in [6, 6.07) is 0.364. The lowest BCUT2D eigenvalue weighted by atomic mass is 10.2. The summed E-state index contributed by atoms with van der Waals surface area (Å²) in [4.78, 5) is 13.4. The molecule has 0 aliphatic heterocycles. The van der Waals surface area contributed by atoms with Gasteiger partial charge in [-0.15, -0.1) is 11.6 Å². The topological polar surface area (TPSA) is 29.5 Å². The van der Waals surface area contributed by atoms with Crippen molar-refractivity contribution in [1.82, 2.24) is 4.90 Å². The van der Waals surface area contributed by atoms with Crippen LogP contribution in [0.5, 0.6) is 0 Å². The monoisotopic (exact) mass is 219 g/mol. The number of nitrogens with zero attached hydrogens (tertiary/aromatic N) is 1. The highest BCUT2D eigenvalue weighted by Crippen LogP contribution is 2.28. The van der Waals surface area contributed by atoms with E-state index in [1.54, 1.807) is 4.90 Å². The van der Waals surface area contributed by atoms with Crippen molar-refractivity contribution in [2.75, 3.05) is 12.4 Å². The fourth-order valence-electron chi connectivity index (χ4n) is 1.22. The van der Waals surface area contributed by atoms with E-state index in [0.29, 0.717) is 18.5 Å². The molecule has 0 saturated heterocycles. The Morgan fingerprint density at radius 2 is 2.07 bits per heavy atom. The summed E-state index contributed by atoms with van der Waals surface area (Å²) in [6.45, 7) is 6.20. The molecule has 4 heteroatoms. The molecule has 0 heterocycles. The minimum Gasteiger partial charge on any atom is -0.444 e. The highest BCUT2D eigenvalue weighted by atomic mass is 35.5. The Balaban J connectivity index is 2.46. The molecule has 82 valence electrons. The van der Waals surface area contributed by atoms with E-state index in [4.69, 9.17) is 16.3 Å². The molecule has 3 nitrogen and oxygen atoms in total. The van der Waals surface area contributed by atoms with Crippen molar-refractivity contribution in [3.8, 4) is 0 Å². The zero-order valence-electron chi connectivity index (χ0n) is 9.05. The third-order valence-electron chi connectivity index (χ3n) is 1.94. The quantitative estimate of drug-likeness (QED) is 0.683. The van der Waals surface area contributed by atoms with Gasteiger partial charge in [-0.1, -0.05) is 0 Å². The molecule has 0 N–H and O–H groups in total. The molecule has 1 saturated carbocycles. The molecule has 1 aliphatic rings. The predicted octanol–water partition coefficient (Wildman–Crippen LogP) is 2.62. The van der Waals surface area contributed by atoms with Crippen molar-refractivity contribution in [2.45, 2.75) is 45.3 Å². The standard InChI is InChI=1S/C10H18ClNO2/c1-10(2,3)14-9(13)12(7-6-11)8-4-5-8/h8H,4-7H2,1-3H3. The molecule has 0 bridgehead atoms. The van der Waals surface area contributed by atoms with E-state index in [9.17, 15) is 4.79 Å². The molecule has 14 heavy (non-hydrogen) atoms. The van der Waals surface area contributed by atoms with Gasteiger partial charge in [0.05, 0.1) is 0 Å². The Morgan fingerprint density at radius 3 is 2.43 bits per heavy atom. The lowest BCUT2D eigenvalue weighted by Crippen LogP contribution is -2.39. The second-order valence-corrected chi connectivity index (χ2v) is 4.97. The van der Waals surface area contributed by atoms with Gasteiger partial charge in [-0.3, -0.25) is 0 Å². The van der Waals surface area contributed by atoms with Gasteiger partial charge in [0.1, 0.15) is 5.60 Å². The molecule has 0 aromatic heterocycles. The Morgan fingerprint density at radius 1 is 1.50 bits per heavy atom. The van der Waals surface area contributed by atoms with E-state index in [1.165, 1.54) is 0 Å². The molecule has 0 unspecified atom stereocenters. The number of carbonyl (C=O) groups excluding carboxylic acids is 1. The minimum atomic E-state index is -0.420. The van der Waals surface area contributed by atoms with E-state index in [1.807, 2.05) is 20.8 Å². The summed E-state index contributed by atoms with van der Waals surface area (Å²) in [5.41, 5.74) is -0.420. The van der Waals surface area contributed by atoms with Gasteiger partial charge >= 0.3 is 6.09 Å². The van der Waals surface area contributed by atoms with Crippen molar-refractivity contribution in [1.29, 1.82) is 0 Å². The van der Waals surface area contributed by atoms with Gasteiger partial charge in [0.2, 0.25) is 0 Å². The Kier molecular flexibility index (Phi) is 3.65. The second-order valence-electron chi connectivity index (χ2n) is 4.59. The molecule has 1 rings (SSSR count). The summed E-state index contributed by atoms with van der Waals surface area (Å²) in [5.74, 6) is 0.468. The highest BCUT2D eigenvalue weighted by Gasteiger charge is 2.34. The third-order valence-corrected chi connectivity index (χ3v) is 2.11. The summed E-state index contributed by atoms with van der Waals surface area (Å²) in [5, 5.41) is 0. The first-order valence-corrected chi connectivity index (χ1v) is 5.53. The van der Waals surface area contributed by atoms with E-state index in [0.717, 1.165) is 12.8 Å². The van der Waals surface area contributed by atoms with Crippen molar-refractivity contribution in [3.63, 3.8) is 0 Å². The van der Waals surface area contributed by atoms with Crippen LogP contribution in [0.2, 0.25) is 0 Å². The van der Waals surface area contributed by atoms with Gasteiger partial charge in [-0.2, -0.15) is 0 Å². The fourth-order valence-corrected chi connectivity index (χ4v) is 1.40. The largest absolute Gasteiger partial charge is 0.444 e. The van der Waals surface area contributed by atoms with E-state index < -0.39 is 5.60 Å².